The van der Waals surface area contributed by atoms with E-state index in [9.17, 15) is 5.11 Å². The highest BCUT2D eigenvalue weighted by molar-refractivity contribution is 5.67. The Hall–Kier alpha value is -2.13. The van der Waals surface area contributed by atoms with Gasteiger partial charge in [0.1, 0.15) is 5.65 Å². The number of benzene rings is 1. The van der Waals surface area contributed by atoms with Crippen LogP contribution >= 0.6 is 0 Å². The summed E-state index contributed by atoms with van der Waals surface area (Å²) in [6, 6.07) is 12.5. The largest absolute Gasteiger partial charge is 0.390 e. The Labute approximate surface area is 131 Å². The molecule has 1 N–H and O–H groups in total. The van der Waals surface area contributed by atoms with Gasteiger partial charge in [0.05, 0.1) is 18.0 Å². The van der Waals surface area contributed by atoms with Gasteiger partial charge in [-0.1, -0.05) is 51.1 Å². The number of aromatic nitrogens is 2. The van der Waals surface area contributed by atoms with Crippen molar-refractivity contribution in [1.29, 1.82) is 0 Å². The quantitative estimate of drug-likeness (QED) is 0.772. The smallest absolute Gasteiger partial charge is 0.137 e. The van der Waals surface area contributed by atoms with Crippen LogP contribution in [0.15, 0.2) is 42.6 Å². The van der Waals surface area contributed by atoms with Crippen molar-refractivity contribution >= 4 is 5.65 Å². The van der Waals surface area contributed by atoms with E-state index in [4.69, 9.17) is 0 Å². The fourth-order valence-corrected chi connectivity index (χ4v) is 2.71. The molecule has 3 heteroatoms. The monoisotopic (exact) mass is 294 g/mol. The van der Waals surface area contributed by atoms with Gasteiger partial charge >= 0.3 is 0 Å². The molecule has 0 aliphatic heterocycles. The molecular weight excluding hydrogens is 272 g/mol. The SMILES string of the molecule is Cc1ccc2nc(-c3ccc(C(C)(C)C)cc3)c(CO)n2c1. The molecule has 0 radical (unpaired) electrons. The molecule has 0 spiro atoms. The maximum atomic E-state index is 9.78. The van der Waals surface area contributed by atoms with Crippen LogP contribution in [0.3, 0.4) is 0 Å². The van der Waals surface area contributed by atoms with Crippen LogP contribution in [0.25, 0.3) is 16.9 Å². The van der Waals surface area contributed by atoms with E-state index in [2.05, 4.69) is 50.0 Å². The van der Waals surface area contributed by atoms with Crippen LogP contribution in [-0.4, -0.2) is 14.5 Å². The number of imidazole rings is 1. The van der Waals surface area contributed by atoms with Crippen molar-refractivity contribution in [3.05, 3.63) is 59.4 Å². The first kappa shape index (κ1) is 14.8. The van der Waals surface area contributed by atoms with Crippen molar-refractivity contribution in [2.45, 2.75) is 39.7 Å². The van der Waals surface area contributed by atoms with Crippen LogP contribution < -0.4 is 0 Å². The van der Waals surface area contributed by atoms with Gasteiger partial charge in [-0.2, -0.15) is 0 Å². The molecule has 2 aromatic heterocycles. The van der Waals surface area contributed by atoms with E-state index >= 15 is 0 Å². The molecule has 0 fully saturated rings. The standard InChI is InChI=1S/C19H22N2O/c1-13-5-10-17-20-18(16(12-22)21(17)11-13)14-6-8-15(9-7-14)19(2,3)4/h5-11,22H,12H2,1-4H3. The number of pyridine rings is 1. The number of nitrogens with zero attached hydrogens (tertiary/aromatic N) is 2. The lowest BCUT2D eigenvalue weighted by Gasteiger charge is -2.19. The molecule has 0 saturated heterocycles. The van der Waals surface area contributed by atoms with Crippen LogP contribution in [0.4, 0.5) is 0 Å². The molecule has 0 saturated carbocycles. The van der Waals surface area contributed by atoms with Crippen molar-refractivity contribution in [3.8, 4) is 11.3 Å². The zero-order valence-electron chi connectivity index (χ0n) is 13.6. The average Bonchev–Trinajstić information content (AvgIpc) is 2.84. The first-order valence-corrected chi connectivity index (χ1v) is 7.59. The molecule has 0 bridgehead atoms. The minimum absolute atomic E-state index is 0.0268. The summed E-state index contributed by atoms with van der Waals surface area (Å²) < 4.78 is 1.97. The van der Waals surface area contributed by atoms with E-state index in [0.717, 1.165) is 28.2 Å². The van der Waals surface area contributed by atoms with Crippen LogP contribution in [0.2, 0.25) is 0 Å². The summed E-state index contributed by atoms with van der Waals surface area (Å²) in [5.41, 5.74) is 6.17. The predicted octanol–water partition coefficient (Wildman–Crippen LogP) is 4.10. The molecule has 2 heterocycles. The van der Waals surface area contributed by atoms with Crippen molar-refractivity contribution in [2.24, 2.45) is 0 Å². The lowest BCUT2D eigenvalue weighted by atomic mass is 9.86. The second kappa shape index (κ2) is 5.25. The summed E-state index contributed by atoms with van der Waals surface area (Å²) in [6.45, 7) is 8.62. The highest BCUT2D eigenvalue weighted by Crippen LogP contribution is 2.28. The van der Waals surface area contributed by atoms with Gasteiger partial charge in [0.15, 0.2) is 0 Å². The summed E-state index contributed by atoms with van der Waals surface area (Å²) in [6.07, 6.45) is 2.01. The summed E-state index contributed by atoms with van der Waals surface area (Å²) in [5.74, 6) is 0. The number of aryl methyl sites for hydroxylation is 1. The predicted molar refractivity (Wildman–Crippen MR) is 90.0 cm³/mol. The fourth-order valence-electron chi connectivity index (χ4n) is 2.71. The van der Waals surface area contributed by atoms with Crippen LogP contribution in [0.1, 0.15) is 37.6 Å². The Bertz CT molecular complexity index is 808. The molecule has 0 aliphatic rings. The maximum Gasteiger partial charge on any atom is 0.137 e. The Kier molecular flexibility index (Phi) is 3.53. The van der Waals surface area contributed by atoms with Gasteiger partial charge in [-0.25, -0.2) is 4.98 Å². The first-order valence-electron chi connectivity index (χ1n) is 7.59. The van der Waals surface area contributed by atoms with Gasteiger partial charge in [-0.05, 0) is 29.5 Å². The van der Waals surface area contributed by atoms with Crippen LogP contribution in [0, 0.1) is 6.92 Å². The number of fused-ring (bicyclic) bond motifs is 1. The molecule has 0 atom stereocenters. The molecule has 22 heavy (non-hydrogen) atoms. The van der Waals surface area contributed by atoms with Crippen molar-refractivity contribution in [3.63, 3.8) is 0 Å². The molecule has 3 aromatic rings. The van der Waals surface area contributed by atoms with Crippen molar-refractivity contribution in [1.82, 2.24) is 9.38 Å². The van der Waals surface area contributed by atoms with Crippen molar-refractivity contribution < 1.29 is 5.11 Å². The van der Waals surface area contributed by atoms with Crippen molar-refractivity contribution in [2.75, 3.05) is 0 Å². The Morgan fingerprint density at radius 3 is 2.32 bits per heavy atom. The van der Waals surface area contributed by atoms with Gasteiger partial charge in [-0.3, -0.25) is 0 Å². The van der Waals surface area contributed by atoms with Crippen LogP contribution in [-0.2, 0) is 12.0 Å². The highest BCUT2D eigenvalue weighted by atomic mass is 16.3. The van der Waals surface area contributed by atoms with Gasteiger partial charge in [0.2, 0.25) is 0 Å². The zero-order chi connectivity index (χ0) is 15.9. The number of aliphatic hydroxyl groups excluding tert-OH is 1. The molecule has 0 aliphatic carbocycles. The molecular formula is C19H22N2O. The van der Waals surface area contributed by atoms with Gasteiger partial charge in [0.25, 0.3) is 0 Å². The van der Waals surface area contributed by atoms with Crippen LogP contribution in [0.5, 0.6) is 0 Å². The summed E-state index contributed by atoms with van der Waals surface area (Å²) in [5, 5.41) is 9.78. The van der Waals surface area contributed by atoms with E-state index in [0.29, 0.717) is 0 Å². The summed E-state index contributed by atoms with van der Waals surface area (Å²) in [4.78, 5) is 4.69. The highest BCUT2D eigenvalue weighted by Gasteiger charge is 2.16. The number of hydrogen-bond donors (Lipinski definition) is 1. The molecule has 0 unspecified atom stereocenters. The van der Waals surface area contributed by atoms with E-state index in [1.54, 1.807) is 0 Å². The molecule has 3 rings (SSSR count). The Morgan fingerprint density at radius 2 is 1.73 bits per heavy atom. The fraction of sp³-hybridized carbons (Fsp3) is 0.316. The molecule has 3 nitrogen and oxygen atoms in total. The first-order chi connectivity index (χ1) is 10.4. The minimum Gasteiger partial charge on any atom is -0.390 e. The lowest BCUT2D eigenvalue weighted by molar-refractivity contribution is 0.276. The topological polar surface area (TPSA) is 37.5 Å². The zero-order valence-corrected chi connectivity index (χ0v) is 13.6. The van der Waals surface area contributed by atoms with Gasteiger partial charge in [0, 0.05) is 11.8 Å². The Balaban J connectivity index is 2.13. The second-order valence-corrected chi connectivity index (χ2v) is 6.83. The normalized spacial score (nSPS) is 12.0. The second-order valence-electron chi connectivity index (χ2n) is 6.83. The number of rotatable bonds is 2. The lowest BCUT2D eigenvalue weighted by Crippen LogP contribution is -2.10. The summed E-state index contributed by atoms with van der Waals surface area (Å²) in [7, 11) is 0. The average molecular weight is 294 g/mol. The summed E-state index contributed by atoms with van der Waals surface area (Å²) >= 11 is 0. The van der Waals surface area contributed by atoms with E-state index in [1.807, 2.05) is 29.7 Å². The third-order valence-corrected chi connectivity index (χ3v) is 4.04. The maximum absolute atomic E-state index is 9.78. The Morgan fingerprint density at radius 1 is 1.05 bits per heavy atom. The van der Waals surface area contributed by atoms with E-state index in [1.165, 1.54) is 5.56 Å². The minimum atomic E-state index is -0.0268. The third kappa shape index (κ3) is 2.53. The third-order valence-electron chi connectivity index (χ3n) is 4.04. The van der Waals surface area contributed by atoms with E-state index in [-0.39, 0.29) is 12.0 Å². The van der Waals surface area contributed by atoms with Gasteiger partial charge in [-0.15, -0.1) is 0 Å². The van der Waals surface area contributed by atoms with E-state index < -0.39 is 0 Å². The molecule has 114 valence electrons. The molecule has 1 aromatic carbocycles. The van der Waals surface area contributed by atoms with Gasteiger partial charge < -0.3 is 9.51 Å². The molecule has 0 amide bonds. The number of aliphatic hydroxyl groups is 1. The number of hydrogen-bond acceptors (Lipinski definition) is 2.